The van der Waals surface area contributed by atoms with Crippen LogP contribution >= 0.6 is 0 Å². The average Bonchev–Trinajstić information content (AvgIpc) is 2.62. The number of nitrogens with zero attached hydrogens (tertiary/aromatic N) is 1. The van der Waals surface area contributed by atoms with Crippen LogP contribution in [0.25, 0.3) is 0 Å². The molecule has 4 nitrogen and oxygen atoms in total. The van der Waals surface area contributed by atoms with Gasteiger partial charge in [-0.2, -0.15) is 0 Å². The van der Waals surface area contributed by atoms with Crippen LogP contribution in [0.1, 0.15) is 51.4 Å². The Morgan fingerprint density at radius 1 is 1.18 bits per heavy atom. The Bertz CT molecular complexity index is 299. The van der Waals surface area contributed by atoms with Crippen molar-refractivity contribution in [3.8, 4) is 0 Å². The summed E-state index contributed by atoms with van der Waals surface area (Å²) < 4.78 is 0. The van der Waals surface area contributed by atoms with E-state index in [9.17, 15) is 9.59 Å². The van der Waals surface area contributed by atoms with Gasteiger partial charge in [-0.25, -0.2) is 0 Å². The number of carboxylic acids is 1. The summed E-state index contributed by atoms with van der Waals surface area (Å²) in [4.78, 5) is 24.5. The Balaban J connectivity index is 1.77. The summed E-state index contributed by atoms with van der Waals surface area (Å²) in [6.45, 7) is 0.751. The fourth-order valence-corrected chi connectivity index (χ4v) is 2.83. The first-order valence-corrected chi connectivity index (χ1v) is 6.68. The predicted octanol–water partition coefficient (Wildman–Crippen LogP) is 2.03. The lowest BCUT2D eigenvalue weighted by molar-refractivity contribution is -0.140. The zero-order chi connectivity index (χ0) is 12.3. The van der Waals surface area contributed by atoms with E-state index in [0.717, 1.165) is 31.7 Å². The molecule has 17 heavy (non-hydrogen) atoms. The smallest absolute Gasteiger partial charge is 0.305 e. The third-order valence-electron chi connectivity index (χ3n) is 4.10. The van der Waals surface area contributed by atoms with Crippen LogP contribution in [-0.2, 0) is 9.59 Å². The van der Waals surface area contributed by atoms with Crippen LogP contribution in [0, 0.1) is 5.92 Å². The molecule has 2 aliphatic rings. The van der Waals surface area contributed by atoms with Gasteiger partial charge in [0.15, 0.2) is 0 Å². The van der Waals surface area contributed by atoms with Crippen molar-refractivity contribution in [1.29, 1.82) is 0 Å². The van der Waals surface area contributed by atoms with Gasteiger partial charge in [-0.15, -0.1) is 0 Å². The second kappa shape index (κ2) is 5.52. The molecule has 0 aromatic carbocycles. The molecule has 0 aromatic rings. The number of rotatable bonds is 5. The Labute approximate surface area is 102 Å². The molecule has 2 rings (SSSR count). The average molecular weight is 239 g/mol. The first kappa shape index (κ1) is 12.4. The largest absolute Gasteiger partial charge is 0.481 e. The number of amides is 1. The van der Waals surface area contributed by atoms with E-state index in [2.05, 4.69) is 0 Å². The molecule has 1 saturated carbocycles. The van der Waals surface area contributed by atoms with Gasteiger partial charge in [0.1, 0.15) is 0 Å². The van der Waals surface area contributed by atoms with Crippen LogP contribution in [0.15, 0.2) is 0 Å². The summed E-state index contributed by atoms with van der Waals surface area (Å²) in [5, 5.41) is 8.80. The Morgan fingerprint density at radius 3 is 2.53 bits per heavy atom. The zero-order valence-electron chi connectivity index (χ0n) is 10.2. The van der Waals surface area contributed by atoms with Gasteiger partial charge in [-0.1, -0.05) is 19.3 Å². The maximum absolute atomic E-state index is 12.0. The summed E-state index contributed by atoms with van der Waals surface area (Å²) in [5.41, 5.74) is 0. The van der Waals surface area contributed by atoms with Gasteiger partial charge < -0.3 is 10.0 Å². The highest BCUT2D eigenvalue weighted by Crippen LogP contribution is 2.31. The summed E-state index contributed by atoms with van der Waals surface area (Å²) >= 11 is 0. The molecule has 1 aliphatic heterocycles. The van der Waals surface area contributed by atoms with Crippen molar-refractivity contribution in [1.82, 2.24) is 4.90 Å². The van der Waals surface area contributed by atoms with Gasteiger partial charge in [0.05, 0.1) is 6.42 Å². The number of carbonyl (C=O) groups excluding carboxylic acids is 1. The minimum Gasteiger partial charge on any atom is -0.481 e. The number of hydrogen-bond donors (Lipinski definition) is 1. The van der Waals surface area contributed by atoms with Crippen molar-refractivity contribution in [2.24, 2.45) is 5.92 Å². The molecule has 0 aromatic heterocycles. The highest BCUT2D eigenvalue weighted by molar-refractivity contribution is 5.78. The first-order chi connectivity index (χ1) is 8.16. The molecule has 1 amide bonds. The SMILES string of the molecule is O=C(O)CC1CCCN1C(=O)CCC1CCC1. The van der Waals surface area contributed by atoms with Gasteiger partial charge in [-0.3, -0.25) is 9.59 Å². The quantitative estimate of drug-likeness (QED) is 0.798. The fourth-order valence-electron chi connectivity index (χ4n) is 2.83. The number of carbonyl (C=O) groups is 2. The molecule has 0 spiro atoms. The van der Waals surface area contributed by atoms with Gasteiger partial charge in [-0.05, 0) is 25.2 Å². The second-order valence-corrected chi connectivity index (χ2v) is 5.32. The molecule has 2 fully saturated rings. The van der Waals surface area contributed by atoms with E-state index in [1.807, 2.05) is 0 Å². The van der Waals surface area contributed by atoms with E-state index in [0.29, 0.717) is 6.42 Å². The molecule has 1 saturated heterocycles. The van der Waals surface area contributed by atoms with Crippen molar-refractivity contribution in [2.45, 2.75) is 57.4 Å². The summed E-state index contributed by atoms with van der Waals surface area (Å²) in [6, 6.07) is -0.0543. The first-order valence-electron chi connectivity index (χ1n) is 6.68. The Morgan fingerprint density at radius 2 is 1.94 bits per heavy atom. The molecule has 96 valence electrons. The van der Waals surface area contributed by atoms with E-state index in [-0.39, 0.29) is 18.4 Å². The Kier molecular flexibility index (Phi) is 4.02. The normalized spacial score (nSPS) is 24.7. The van der Waals surface area contributed by atoms with Gasteiger partial charge in [0.2, 0.25) is 5.91 Å². The van der Waals surface area contributed by atoms with E-state index >= 15 is 0 Å². The van der Waals surface area contributed by atoms with Gasteiger partial charge >= 0.3 is 5.97 Å². The maximum atomic E-state index is 12.0. The van der Waals surface area contributed by atoms with Crippen molar-refractivity contribution in [3.63, 3.8) is 0 Å². The molecule has 0 radical (unpaired) electrons. The van der Waals surface area contributed by atoms with Gasteiger partial charge in [0.25, 0.3) is 0 Å². The zero-order valence-corrected chi connectivity index (χ0v) is 10.2. The minimum atomic E-state index is -0.798. The van der Waals surface area contributed by atoms with Crippen LogP contribution < -0.4 is 0 Å². The van der Waals surface area contributed by atoms with Crippen molar-refractivity contribution >= 4 is 11.9 Å². The molecule has 4 heteroatoms. The van der Waals surface area contributed by atoms with Gasteiger partial charge in [0, 0.05) is 19.0 Å². The molecule has 1 N–H and O–H groups in total. The summed E-state index contributed by atoms with van der Waals surface area (Å²) in [5.74, 6) is 0.119. The minimum absolute atomic E-state index is 0.0543. The molecular weight excluding hydrogens is 218 g/mol. The van der Waals surface area contributed by atoms with E-state index in [1.165, 1.54) is 19.3 Å². The number of hydrogen-bond acceptors (Lipinski definition) is 2. The molecule has 1 unspecified atom stereocenters. The standard InChI is InChI=1S/C13H21NO3/c15-12(7-6-10-3-1-4-10)14-8-2-5-11(14)9-13(16)17/h10-11H,1-9H2,(H,16,17). The second-order valence-electron chi connectivity index (χ2n) is 5.32. The summed E-state index contributed by atoms with van der Waals surface area (Å²) in [7, 11) is 0. The van der Waals surface area contributed by atoms with Crippen molar-refractivity contribution in [2.75, 3.05) is 6.54 Å². The summed E-state index contributed by atoms with van der Waals surface area (Å²) in [6.07, 6.45) is 7.36. The van der Waals surface area contributed by atoms with Crippen molar-refractivity contribution < 1.29 is 14.7 Å². The lowest BCUT2D eigenvalue weighted by Crippen LogP contribution is -2.37. The lowest BCUT2D eigenvalue weighted by Gasteiger charge is -2.27. The monoisotopic (exact) mass is 239 g/mol. The molecule has 0 bridgehead atoms. The number of likely N-dealkylation sites (tertiary alicyclic amines) is 1. The number of aliphatic carboxylic acids is 1. The topological polar surface area (TPSA) is 57.6 Å². The highest BCUT2D eigenvalue weighted by atomic mass is 16.4. The molecule has 1 atom stereocenters. The molecule has 1 aliphatic carbocycles. The van der Waals surface area contributed by atoms with Crippen LogP contribution in [0.4, 0.5) is 0 Å². The van der Waals surface area contributed by atoms with Crippen LogP contribution in [0.5, 0.6) is 0 Å². The third-order valence-corrected chi connectivity index (χ3v) is 4.10. The number of carboxylic acid groups (broad SMARTS) is 1. The van der Waals surface area contributed by atoms with Crippen molar-refractivity contribution in [3.05, 3.63) is 0 Å². The van der Waals surface area contributed by atoms with E-state index < -0.39 is 5.97 Å². The fraction of sp³-hybridized carbons (Fsp3) is 0.846. The highest BCUT2D eigenvalue weighted by Gasteiger charge is 2.30. The van der Waals surface area contributed by atoms with E-state index in [1.54, 1.807) is 4.90 Å². The Hall–Kier alpha value is -1.06. The lowest BCUT2D eigenvalue weighted by atomic mass is 9.82. The van der Waals surface area contributed by atoms with E-state index in [4.69, 9.17) is 5.11 Å². The predicted molar refractivity (Wildman–Crippen MR) is 63.6 cm³/mol. The third kappa shape index (κ3) is 3.20. The molecule has 1 heterocycles. The van der Waals surface area contributed by atoms with Crippen LogP contribution in [0.2, 0.25) is 0 Å². The van der Waals surface area contributed by atoms with Crippen LogP contribution in [-0.4, -0.2) is 34.5 Å². The maximum Gasteiger partial charge on any atom is 0.305 e. The molecular formula is C13H21NO3. The van der Waals surface area contributed by atoms with Crippen LogP contribution in [0.3, 0.4) is 0 Å².